The lowest BCUT2D eigenvalue weighted by atomic mass is 10.1. The SMILES string of the molecule is COc1cccc(-c2cc(C(=O)N3CCN(C(=O)c4ccccc4OC)CC3)[nH]n2)c1. The largest absolute Gasteiger partial charge is 0.497 e. The van der Waals surface area contributed by atoms with Crippen molar-refractivity contribution in [3.05, 3.63) is 65.9 Å². The Hall–Kier alpha value is -3.81. The summed E-state index contributed by atoms with van der Waals surface area (Å²) in [7, 11) is 3.16. The van der Waals surface area contributed by atoms with Gasteiger partial charge in [-0.25, -0.2) is 0 Å². The first kappa shape index (κ1) is 20.5. The van der Waals surface area contributed by atoms with E-state index in [1.165, 1.54) is 0 Å². The van der Waals surface area contributed by atoms with Gasteiger partial charge >= 0.3 is 0 Å². The van der Waals surface area contributed by atoms with Gasteiger partial charge in [-0.1, -0.05) is 24.3 Å². The maximum atomic E-state index is 12.9. The van der Waals surface area contributed by atoms with Crippen LogP contribution in [0.15, 0.2) is 54.6 Å². The molecule has 1 aromatic heterocycles. The van der Waals surface area contributed by atoms with Crippen LogP contribution in [0.5, 0.6) is 11.5 Å². The number of piperazine rings is 1. The van der Waals surface area contributed by atoms with Crippen molar-refractivity contribution in [1.82, 2.24) is 20.0 Å². The van der Waals surface area contributed by atoms with Crippen LogP contribution < -0.4 is 9.47 Å². The Morgan fingerprint density at radius 3 is 2.29 bits per heavy atom. The van der Waals surface area contributed by atoms with E-state index in [9.17, 15) is 9.59 Å². The quantitative estimate of drug-likeness (QED) is 0.686. The van der Waals surface area contributed by atoms with Crippen LogP contribution in [0.25, 0.3) is 11.3 Å². The zero-order valence-corrected chi connectivity index (χ0v) is 17.5. The minimum absolute atomic E-state index is 0.0913. The maximum absolute atomic E-state index is 12.9. The Kier molecular flexibility index (Phi) is 5.88. The molecule has 160 valence electrons. The second kappa shape index (κ2) is 8.91. The smallest absolute Gasteiger partial charge is 0.272 e. The average Bonchev–Trinajstić information content (AvgIpc) is 3.33. The normalized spacial score (nSPS) is 13.7. The molecule has 1 aliphatic heterocycles. The number of hydrogen-bond acceptors (Lipinski definition) is 5. The minimum Gasteiger partial charge on any atom is -0.497 e. The number of ether oxygens (including phenoxy) is 2. The summed E-state index contributed by atoms with van der Waals surface area (Å²) >= 11 is 0. The molecule has 8 nitrogen and oxygen atoms in total. The topological polar surface area (TPSA) is 87.8 Å². The first-order chi connectivity index (χ1) is 15.1. The molecule has 2 aromatic carbocycles. The van der Waals surface area contributed by atoms with Crippen molar-refractivity contribution in [2.24, 2.45) is 0 Å². The summed E-state index contributed by atoms with van der Waals surface area (Å²) in [6.07, 6.45) is 0. The highest BCUT2D eigenvalue weighted by molar-refractivity contribution is 5.97. The van der Waals surface area contributed by atoms with E-state index in [2.05, 4.69) is 10.2 Å². The van der Waals surface area contributed by atoms with Crippen molar-refractivity contribution in [1.29, 1.82) is 0 Å². The Bertz CT molecular complexity index is 1090. The lowest BCUT2D eigenvalue weighted by Crippen LogP contribution is -2.50. The number of amides is 2. The van der Waals surface area contributed by atoms with Gasteiger partial charge in [0.1, 0.15) is 17.2 Å². The van der Waals surface area contributed by atoms with Crippen LogP contribution in [-0.4, -0.2) is 72.2 Å². The molecule has 4 rings (SSSR count). The molecular weight excluding hydrogens is 396 g/mol. The number of aromatic amines is 1. The second-order valence-corrected chi connectivity index (χ2v) is 7.18. The highest BCUT2D eigenvalue weighted by Gasteiger charge is 2.27. The van der Waals surface area contributed by atoms with Gasteiger partial charge in [-0.3, -0.25) is 14.7 Å². The van der Waals surface area contributed by atoms with Crippen LogP contribution in [-0.2, 0) is 0 Å². The zero-order chi connectivity index (χ0) is 21.8. The number of H-pyrrole nitrogens is 1. The number of aromatic nitrogens is 2. The minimum atomic E-state index is -0.133. The number of hydrogen-bond donors (Lipinski definition) is 1. The molecule has 31 heavy (non-hydrogen) atoms. The molecule has 0 bridgehead atoms. The molecule has 8 heteroatoms. The van der Waals surface area contributed by atoms with Gasteiger partial charge in [0.05, 0.1) is 25.5 Å². The van der Waals surface area contributed by atoms with Crippen molar-refractivity contribution >= 4 is 11.8 Å². The van der Waals surface area contributed by atoms with Gasteiger partial charge in [0.15, 0.2) is 0 Å². The second-order valence-electron chi connectivity index (χ2n) is 7.18. The van der Waals surface area contributed by atoms with Gasteiger partial charge in [-0.05, 0) is 30.3 Å². The lowest BCUT2D eigenvalue weighted by Gasteiger charge is -2.34. The predicted molar refractivity (Wildman–Crippen MR) is 115 cm³/mol. The molecule has 3 aromatic rings. The number of rotatable bonds is 5. The van der Waals surface area contributed by atoms with E-state index in [1.807, 2.05) is 36.4 Å². The molecule has 0 atom stereocenters. The van der Waals surface area contributed by atoms with E-state index in [-0.39, 0.29) is 11.8 Å². The molecule has 0 unspecified atom stereocenters. The van der Waals surface area contributed by atoms with E-state index < -0.39 is 0 Å². The molecule has 1 N–H and O–H groups in total. The highest BCUT2D eigenvalue weighted by atomic mass is 16.5. The lowest BCUT2D eigenvalue weighted by molar-refractivity contribution is 0.0530. The van der Waals surface area contributed by atoms with Crippen LogP contribution in [0, 0.1) is 0 Å². The van der Waals surface area contributed by atoms with Gasteiger partial charge in [0.25, 0.3) is 11.8 Å². The van der Waals surface area contributed by atoms with Crippen LogP contribution >= 0.6 is 0 Å². The van der Waals surface area contributed by atoms with Crippen molar-refractivity contribution in [2.75, 3.05) is 40.4 Å². The summed E-state index contributed by atoms with van der Waals surface area (Å²) in [6, 6.07) is 16.4. The third-order valence-electron chi connectivity index (χ3n) is 5.37. The molecule has 0 saturated carbocycles. The molecule has 0 spiro atoms. The van der Waals surface area contributed by atoms with Gasteiger partial charge in [-0.15, -0.1) is 0 Å². The van der Waals surface area contributed by atoms with Crippen molar-refractivity contribution in [3.8, 4) is 22.8 Å². The van der Waals surface area contributed by atoms with Crippen LogP contribution in [0.3, 0.4) is 0 Å². The summed E-state index contributed by atoms with van der Waals surface area (Å²) in [4.78, 5) is 29.3. The fourth-order valence-corrected chi connectivity index (χ4v) is 3.64. The van der Waals surface area contributed by atoms with Gasteiger partial charge in [0.2, 0.25) is 0 Å². The van der Waals surface area contributed by atoms with Gasteiger partial charge < -0.3 is 19.3 Å². The maximum Gasteiger partial charge on any atom is 0.272 e. The summed E-state index contributed by atoms with van der Waals surface area (Å²) in [6.45, 7) is 1.82. The van der Waals surface area contributed by atoms with Crippen molar-refractivity contribution in [3.63, 3.8) is 0 Å². The van der Waals surface area contributed by atoms with E-state index in [0.717, 1.165) is 11.3 Å². The number of carbonyl (C=O) groups excluding carboxylic acids is 2. The zero-order valence-electron chi connectivity index (χ0n) is 17.5. The van der Waals surface area contributed by atoms with Crippen LogP contribution in [0.2, 0.25) is 0 Å². The number of nitrogens with one attached hydrogen (secondary N) is 1. The summed E-state index contributed by atoms with van der Waals surface area (Å²) in [5.41, 5.74) is 2.48. The first-order valence-corrected chi connectivity index (χ1v) is 10.0. The first-order valence-electron chi connectivity index (χ1n) is 10.0. The molecule has 0 aliphatic carbocycles. The molecule has 2 amide bonds. The third kappa shape index (κ3) is 4.23. The van der Waals surface area contributed by atoms with Crippen LogP contribution in [0.4, 0.5) is 0 Å². The van der Waals surface area contributed by atoms with E-state index in [4.69, 9.17) is 9.47 Å². The number of benzene rings is 2. The third-order valence-corrected chi connectivity index (χ3v) is 5.37. The summed E-state index contributed by atoms with van der Waals surface area (Å²) in [5.74, 6) is 1.05. The van der Waals surface area contributed by atoms with Crippen LogP contribution in [0.1, 0.15) is 20.8 Å². The molecule has 2 heterocycles. The summed E-state index contributed by atoms with van der Waals surface area (Å²) < 4.78 is 10.5. The fraction of sp³-hybridized carbons (Fsp3) is 0.261. The number of carbonyl (C=O) groups is 2. The van der Waals surface area contributed by atoms with E-state index in [1.54, 1.807) is 42.2 Å². The van der Waals surface area contributed by atoms with Gasteiger partial charge in [-0.2, -0.15) is 5.10 Å². The Balaban J connectivity index is 1.41. The molecule has 0 radical (unpaired) electrons. The Morgan fingerprint density at radius 2 is 1.58 bits per heavy atom. The monoisotopic (exact) mass is 420 g/mol. The highest BCUT2D eigenvalue weighted by Crippen LogP contribution is 2.24. The van der Waals surface area contributed by atoms with E-state index >= 15 is 0 Å². The van der Waals surface area contributed by atoms with Crippen molar-refractivity contribution in [2.45, 2.75) is 0 Å². The predicted octanol–water partition coefficient (Wildman–Crippen LogP) is 2.69. The standard InChI is InChI=1S/C23H24N4O4/c1-30-17-7-5-6-16(14-17)19-15-20(25-24-19)23(29)27-12-10-26(11-13-27)22(28)18-8-3-4-9-21(18)31-2/h3-9,14-15H,10-13H2,1-2H3,(H,24,25). The summed E-state index contributed by atoms with van der Waals surface area (Å²) in [5, 5.41) is 7.11. The van der Waals surface area contributed by atoms with Crippen molar-refractivity contribution < 1.29 is 19.1 Å². The molecule has 1 saturated heterocycles. The Morgan fingerprint density at radius 1 is 0.871 bits per heavy atom. The molecular formula is C23H24N4O4. The van der Waals surface area contributed by atoms with Gasteiger partial charge in [0, 0.05) is 31.7 Å². The number of para-hydroxylation sites is 1. The Labute approximate surface area is 180 Å². The number of nitrogens with zero attached hydrogens (tertiary/aromatic N) is 3. The van der Waals surface area contributed by atoms with E-state index in [0.29, 0.717) is 48.9 Å². The number of methoxy groups -OCH3 is 2. The molecule has 1 fully saturated rings. The fourth-order valence-electron chi connectivity index (χ4n) is 3.64. The molecule has 1 aliphatic rings. The average molecular weight is 420 g/mol.